The summed E-state index contributed by atoms with van der Waals surface area (Å²) in [5, 5.41) is 14.2. The number of halogens is 1. The third-order valence-corrected chi connectivity index (χ3v) is 6.92. The molecule has 0 bridgehead atoms. The molecule has 1 fully saturated rings. The second-order valence-corrected chi connectivity index (χ2v) is 8.93. The zero-order valence-corrected chi connectivity index (χ0v) is 16.3. The van der Waals surface area contributed by atoms with Crippen molar-refractivity contribution in [1.82, 2.24) is 0 Å². The average Bonchev–Trinajstić information content (AvgIpc) is 3.10. The Balaban J connectivity index is 1.68. The van der Waals surface area contributed by atoms with E-state index in [-0.39, 0.29) is 22.8 Å². The topological polar surface area (TPSA) is 98.5 Å². The SMILES string of the molecule is O=C(COC(=O)CCCC[C@@H]1CCSS1)Nc1cc(Cl)ccc1[N+](=O)[O-]. The number of nitro groups is 1. The third kappa shape index (κ3) is 7.05. The molecule has 1 atom stereocenters. The highest BCUT2D eigenvalue weighted by Gasteiger charge is 2.18. The zero-order valence-electron chi connectivity index (χ0n) is 13.9. The Morgan fingerprint density at radius 1 is 1.38 bits per heavy atom. The molecule has 0 radical (unpaired) electrons. The van der Waals surface area contributed by atoms with E-state index in [1.165, 1.54) is 30.4 Å². The Bertz CT molecular complexity index is 668. The number of benzene rings is 1. The van der Waals surface area contributed by atoms with Crippen LogP contribution in [-0.2, 0) is 14.3 Å². The Morgan fingerprint density at radius 3 is 2.88 bits per heavy atom. The molecule has 1 aliphatic heterocycles. The number of hydrogen-bond acceptors (Lipinski definition) is 7. The maximum absolute atomic E-state index is 11.8. The lowest BCUT2D eigenvalue weighted by molar-refractivity contribution is -0.383. The predicted molar refractivity (Wildman–Crippen MR) is 105 cm³/mol. The monoisotopic (exact) mass is 418 g/mol. The molecule has 1 heterocycles. The smallest absolute Gasteiger partial charge is 0.306 e. The van der Waals surface area contributed by atoms with Crippen molar-refractivity contribution < 1.29 is 19.2 Å². The summed E-state index contributed by atoms with van der Waals surface area (Å²) in [5.41, 5.74) is -0.312. The van der Waals surface area contributed by atoms with Gasteiger partial charge in [0.2, 0.25) is 0 Å². The van der Waals surface area contributed by atoms with Gasteiger partial charge < -0.3 is 10.1 Å². The standard InChI is InChI=1S/C16H19ClN2O5S2/c17-11-5-6-14(19(22)23)13(9-11)18-15(20)10-24-16(21)4-2-1-3-12-7-8-25-26-12/h5-6,9,12H,1-4,7-8,10H2,(H,18,20)/t12-/m1/s1. The molecule has 26 heavy (non-hydrogen) atoms. The summed E-state index contributed by atoms with van der Waals surface area (Å²) >= 11 is 5.79. The Hall–Kier alpha value is -1.45. The molecule has 2 rings (SSSR count). The summed E-state index contributed by atoms with van der Waals surface area (Å²) in [5.74, 6) is 0.0920. The first-order valence-corrected chi connectivity index (χ1v) is 10.9. The number of esters is 1. The van der Waals surface area contributed by atoms with Crippen molar-refractivity contribution in [2.45, 2.75) is 37.4 Å². The Labute approximate surface area is 164 Å². The van der Waals surface area contributed by atoms with Crippen LogP contribution in [0.2, 0.25) is 5.02 Å². The van der Waals surface area contributed by atoms with Crippen molar-refractivity contribution in [3.8, 4) is 0 Å². The van der Waals surface area contributed by atoms with Crippen LogP contribution in [0.25, 0.3) is 0 Å². The van der Waals surface area contributed by atoms with E-state index < -0.39 is 23.4 Å². The molecule has 1 aliphatic rings. The summed E-state index contributed by atoms with van der Waals surface area (Å²) in [4.78, 5) is 33.9. The van der Waals surface area contributed by atoms with Crippen molar-refractivity contribution in [2.24, 2.45) is 0 Å². The fraction of sp³-hybridized carbons (Fsp3) is 0.500. The minimum Gasteiger partial charge on any atom is -0.456 e. The summed E-state index contributed by atoms with van der Waals surface area (Å²) in [6.07, 6.45) is 4.24. The lowest BCUT2D eigenvalue weighted by Crippen LogP contribution is -2.21. The maximum Gasteiger partial charge on any atom is 0.306 e. The number of unbranched alkanes of at least 4 members (excludes halogenated alkanes) is 1. The van der Waals surface area contributed by atoms with Gasteiger partial charge in [0.15, 0.2) is 6.61 Å². The molecule has 10 heteroatoms. The summed E-state index contributed by atoms with van der Waals surface area (Å²) < 4.78 is 4.92. The zero-order chi connectivity index (χ0) is 18.9. The van der Waals surface area contributed by atoms with E-state index in [2.05, 4.69) is 5.32 Å². The molecule has 0 spiro atoms. The number of hydrogen-bond donors (Lipinski definition) is 1. The van der Waals surface area contributed by atoms with Crippen LogP contribution in [0.4, 0.5) is 11.4 Å². The second-order valence-electron chi connectivity index (χ2n) is 5.70. The van der Waals surface area contributed by atoms with Gasteiger partial charge >= 0.3 is 5.97 Å². The summed E-state index contributed by atoms with van der Waals surface area (Å²) in [7, 11) is 3.80. The van der Waals surface area contributed by atoms with Gasteiger partial charge in [-0.05, 0) is 31.4 Å². The van der Waals surface area contributed by atoms with Crippen molar-refractivity contribution in [2.75, 3.05) is 17.7 Å². The van der Waals surface area contributed by atoms with E-state index in [1.807, 2.05) is 21.6 Å². The van der Waals surface area contributed by atoms with Gasteiger partial charge in [-0.1, -0.05) is 39.6 Å². The molecule has 0 unspecified atom stereocenters. The van der Waals surface area contributed by atoms with Gasteiger partial charge in [0.25, 0.3) is 11.6 Å². The van der Waals surface area contributed by atoms with Crippen LogP contribution >= 0.6 is 33.2 Å². The summed E-state index contributed by atoms with van der Waals surface area (Å²) in [6.45, 7) is -0.488. The minimum atomic E-state index is -0.650. The molecule has 142 valence electrons. The van der Waals surface area contributed by atoms with E-state index in [0.717, 1.165) is 19.3 Å². The van der Waals surface area contributed by atoms with Gasteiger partial charge in [-0.25, -0.2) is 0 Å². The highest BCUT2D eigenvalue weighted by molar-refractivity contribution is 8.77. The Morgan fingerprint density at radius 2 is 2.19 bits per heavy atom. The van der Waals surface area contributed by atoms with E-state index >= 15 is 0 Å². The van der Waals surface area contributed by atoms with Crippen LogP contribution in [0.5, 0.6) is 0 Å². The van der Waals surface area contributed by atoms with Crippen molar-refractivity contribution in [3.63, 3.8) is 0 Å². The number of amides is 1. The van der Waals surface area contributed by atoms with E-state index in [4.69, 9.17) is 16.3 Å². The number of ether oxygens (including phenoxy) is 1. The van der Waals surface area contributed by atoms with Gasteiger partial charge in [0.05, 0.1) is 4.92 Å². The lowest BCUT2D eigenvalue weighted by Gasteiger charge is -2.08. The molecule has 0 aromatic heterocycles. The van der Waals surface area contributed by atoms with E-state index in [0.29, 0.717) is 5.25 Å². The summed E-state index contributed by atoms with van der Waals surface area (Å²) in [6, 6.07) is 3.84. The van der Waals surface area contributed by atoms with Crippen LogP contribution in [0.15, 0.2) is 18.2 Å². The maximum atomic E-state index is 11.8. The molecular weight excluding hydrogens is 400 g/mol. The molecule has 7 nitrogen and oxygen atoms in total. The van der Waals surface area contributed by atoms with Crippen molar-refractivity contribution >= 4 is 56.4 Å². The van der Waals surface area contributed by atoms with Crippen LogP contribution in [0, 0.1) is 10.1 Å². The van der Waals surface area contributed by atoms with Crippen molar-refractivity contribution in [1.29, 1.82) is 0 Å². The average molecular weight is 419 g/mol. The Kier molecular flexibility index (Phi) is 8.53. The minimum absolute atomic E-state index is 0.0320. The number of anilines is 1. The van der Waals surface area contributed by atoms with Gasteiger partial charge in [0, 0.05) is 28.5 Å². The first kappa shape index (κ1) is 20.9. The largest absolute Gasteiger partial charge is 0.456 e. The quantitative estimate of drug-likeness (QED) is 0.208. The molecule has 0 aliphatic carbocycles. The van der Waals surface area contributed by atoms with Crippen LogP contribution in [-0.4, -0.2) is 34.4 Å². The normalized spacial score (nSPS) is 16.3. The fourth-order valence-electron chi connectivity index (χ4n) is 2.38. The number of carbonyl (C=O) groups excluding carboxylic acids is 2. The fourth-order valence-corrected chi connectivity index (χ4v) is 5.58. The van der Waals surface area contributed by atoms with Crippen LogP contribution < -0.4 is 5.32 Å². The molecule has 1 aromatic carbocycles. The highest BCUT2D eigenvalue weighted by atomic mass is 35.5. The highest BCUT2D eigenvalue weighted by Crippen LogP contribution is 2.39. The molecule has 1 aromatic rings. The predicted octanol–water partition coefficient (Wildman–Crippen LogP) is 4.44. The van der Waals surface area contributed by atoms with E-state index in [1.54, 1.807) is 0 Å². The number of carbonyl (C=O) groups is 2. The first-order chi connectivity index (χ1) is 12.5. The number of rotatable bonds is 9. The van der Waals surface area contributed by atoms with Gasteiger partial charge in [-0.2, -0.15) is 0 Å². The second kappa shape index (κ2) is 10.6. The third-order valence-electron chi connectivity index (χ3n) is 3.68. The first-order valence-electron chi connectivity index (χ1n) is 8.13. The van der Waals surface area contributed by atoms with Crippen LogP contribution in [0.3, 0.4) is 0 Å². The molecular formula is C16H19ClN2O5S2. The van der Waals surface area contributed by atoms with Crippen LogP contribution in [0.1, 0.15) is 32.1 Å². The molecule has 1 N–H and O–H groups in total. The molecule has 0 saturated carbocycles. The number of nitro benzene ring substituents is 1. The molecule has 1 saturated heterocycles. The van der Waals surface area contributed by atoms with Gasteiger partial charge in [-0.15, -0.1) is 0 Å². The van der Waals surface area contributed by atoms with Gasteiger partial charge in [0.1, 0.15) is 5.69 Å². The lowest BCUT2D eigenvalue weighted by atomic mass is 10.1. The number of nitrogens with zero attached hydrogens (tertiary/aromatic N) is 1. The van der Waals surface area contributed by atoms with E-state index in [9.17, 15) is 19.7 Å². The van der Waals surface area contributed by atoms with Gasteiger partial charge in [-0.3, -0.25) is 19.7 Å². The number of nitrogens with one attached hydrogen (secondary N) is 1. The van der Waals surface area contributed by atoms with Crippen molar-refractivity contribution in [3.05, 3.63) is 33.3 Å². The molecule has 1 amide bonds.